The van der Waals surface area contributed by atoms with Crippen LogP contribution >= 0.6 is 0 Å². The molecule has 8 heteroatoms. The van der Waals surface area contributed by atoms with Crippen LogP contribution in [0.25, 0.3) is 0 Å². The van der Waals surface area contributed by atoms with Gasteiger partial charge >= 0.3 is 5.22 Å². The second kappa shape index (κ2) is 9.00. The zero-order chi connectivity index (χ0) is 20.9. The Morgan fingerprint density at radius 2 is 1.79 bits per heavy atom. The molecule has 0 spiro atoms. The summed E-state index contributed by atoms with van der Waals surface area (Å²) in [4.78, 5) is 12.2. The number of sulfone groups is 1. The second-order valence-corrected chi connectivity index (χ2v) is 8.73. The number of hydrogen-bond donors (Lipinski definition) is 1. The fraction of sp³-hybridized carbons (Fsp3) is 0.286. The summed E-state index contributed by atoms with van der Waals surface area (Å²) in [5.74, 6) is -0.108. The Kier molecular flexibility index (Phi) is 6.43. The fourth-order valence-electron chi connectivity index (χ4n) is 2.75. The first-order valence-electron chi connectivity index (χ1n) is 9.30. The number of benzene rings is 2. The molecule has 1 aromatic heterocycles. The number of rotatable bonds is 8. The maximum Gasteiger partial charge on any atom is 0.335 e. The summed E-state index contributed by atoms with van der Waals surface area (Å²) in [7, 11) is -3.69. The van der Waals surface area contributed by atoms with Gasteiger partial charge in [0.2, 0.25) is 15.7 Å². The van der Waals surface area contributed by atoms with Crippen molar-refractivity contribution in [1.29, 1.82) is 0 Å². The quantitative estimate of drug-likeness (QED) is 0.570. The third kappa shape index (κ3) is 5.51. The summed E-state index contributed by atoms with van der Waals surface area (Å²) in [6.07, 6.45) is 0.929. The van der Waals surface area contributed by atoms with Gasteiger partial charge in [0.15, 0.2) is 0 Å². The molecule has 0 saturated carbocycles. The maximum atomic E-state index is 12.4. The van der Waals surface area contributed by atoms with Crippen LogP contribution in [-0.2, 0) is 22.0 Å². The normalized spacial score (nSPS) is 11.4. The minimum absolute atomic E-state index is 0.148. The van der Waals surface area contributed by atoms with E-state index in [4.69, 9.17) is 4.42 Å². The van der Waals surface area contributed by atoms with Gasteiger partial charge in [-0.1, -0.05) is 41.5 Å². The van der Waals surface area contributed by atoms with Gasteiger partial charge < -0.3 is 9.73 Å². The van der Waals surface area contributed by atoms with Crippen LogP contribution in [0.1, 0.15) is 39.4 Å². The summed E-state index contributed by atoms with van der Waals surface area (Å²) in [6, 6.07) is 14.4. The molecule has 0 saturated heterocycles. The van der Waals surface area contributed by atoms with E-state index in [0.29, 0.717) is 30.5 Å². The van der Waals surface area contributed by atoms with Crippen molar-refractivity contribution in [2.45, 2.75) is 37.7 Å². The lowest BCUT2D eigenvalue weighted by Crippen LogP contribution is -2.24. The predicted molar refractivity (Wildman–Crippen MR) is 108 cm³/mol. The highest BCUT2D eigenvalue weighted by Gasteiger charge is 2.22. The Morgan fingerprint density at radius 3 is 2.52 bits per heavy atom. The van der Waals surface area contributed by atoms with Crippen molar-refractivity contribution in [3.8, 4) is 0 Å². The summed E-state index contributed by atoms with van der Waals surface area (Å²) in [5.41, 5.74) is 3.46. The molecule has 0 unspecified atom stereocenters. The van der Waals surface area contributed by atoms with Crippen LogP contribution in [0.3, 0.4) is 0 Å². The van der Waals surface area contributed by atoms with Crippen LogP contribution < -0.4 is 5.32 Å². The molecule has 29 heavy (non-hydrogen) atoms. The van der Waals surface area contributed by atoms with Gasteiger partial charge in [-0.25, -0.2) is 8.42 Å². The lowest BCUT2D eigenvalue weighted by Gasteiger charge is -2.06. The van der Waals surface area contributed by atoms with Gasteiger partial charge in [-0.3, -0.25) is 4.79 Å². The third-order valence-corrected chi connectivity index (χ3v) is 5.95. The molecule has 1 amide bonds. The Labute approximate surface area is 170 Å². The molecular weight excluding hydrogens is 390 g/mol. The molecule has 0 radical (unpaired) electrons. The average Bonchev–Trinajstić information content (AvgIpc) is 3.18. The van der Waals surface area contributed by atoms with E-state index in [9.17, 15) is 13.2 Å². The molecule has 0 atom stereocenters. The lowest BCUT2D eigenvalue weighted by atomic mass is 10.1. The van der Waals surface area contributed by atoms with E-state index in [0.717, 1.165) is 11.1 Å². The number of nitrogens with one attached hydrogen (secondary N) is 1. The van der Waals surface area contributed by atoms with E-state index in [1.165, 1.54) is 0 Å². The van der Waals surface area contributed by atoms with Crippen LogP contribution in [-0.4, -0.2) is 31.1 Å². The molecule has 3 aromatic rings. The lowest BCUT2D eigenvalue weighted by molar-refractivity contribution is 0.0953. The van der Waals surface area contributed by atoms with Crippen LogP contribution in [0.5, 0.6) is 0 Å². The first-order valence-corrected chi connectivity index (χ1v) is 10.9. The van der Waals surface area contributed by atoms with Crippen LogP contribution in [0, 0.1) is 13.8 Å². The van der Waals surface area contributed by atoms with E-state index in [1.54, 1.807) is 30.3 Å². The van der Waals surface area contributed by atoms with Gasteiger partial charge in [0.25, 0.3) is 5.91 Å². The second-order valence-electron chi connectivity index (χ2n) is 6.86. The number of aryl methyl sites for hydroxylation is 3. The average molecular weight is 413 g/mol. The molecular formula is C21H23N3O4S. The Bertz CT molecular complexity index is 1090. The van der Waals surface area contributed by atoms with Crippen LogP contribution in [0.2, 0.25) is 0 Å². The fourth-order valence-corrected chi connectivity index (χ4v) is 3.89. The number of hydrogen-bond acceptors (Lipinski definition) is 6. The minimum atomic E-state index is -3.69. The van der Waals surface area contributed by atoms with Gasteiger partial charge in [-0.15, -0.1) is 5.10 Å². The molecule has 0 bridgehead atoms. The Morgan fingerprint density at radius 1 is 1.03 bits per heavy atom. The van der Waals surface area contributed by atoms with Crippen molar-refractivity contribution >= 4 is 15.7 Å². The van der Waals surface area contributed by atoms with Gasteiger partial charge in [-0.2, -0.15) is 0 Å². The maximum absolute atomic E-state index is 12.4. The predicted octanol–water partition coefficient (Wildman–Crippen LogP) is 3.02. The largest absolute Gasteiger partial charge is 0.413 e. The van der Waals surface area contributed by atoms with Crippen molar-refractivity contribution in [2.24, 2.45) is 0 Å². The molecule has 0 aliphatic rings. The smallest absolute Gasteiger partial charge is 0.335 e. The van der Waals surface area contributed by atoms with E-state index in [2.05, 4.69) is 15.5 Å². The molecule has 1 heterocycles. The number of nitrogens with zero attached hydrogens (tertiary/aromatic N) is 2. The van der Waals surface area contributed by atoms with E-state index in [-0.39, 0.29) is 22.8 Å². The first-order chi connectivity index (χ1) is 13.8. The molecule has 2 aromatic carbocycles. The highest BCUT2D eigenvalue weighted by molar-refractivity contribution is 7.90. The van der Waals surface area contributed by atoms with Gasteiger partial charge in [-0.05, 0) is 49.1 Å². The summed E-state index contributed by atoms with van der Waals surface area (Å²) >= 11 is 0. The molecule has 0 fully saturated rings. The summed E-state index contributed by atoms with van der Waals surface area (Å²) in [6.45, 7) is 4.38. The molecule has 7 nitrogen and oxygen atoms in total. The third-order valence-electron chi connectivity index (χ3n) is 4.54. The van der Waals surface area contributed by atoms with Crippen molar-refractivity contribution in [1.82, 2.24) is 15.5 Å². The van der Waals surface area contributed by atoms with Crippen LogP contribution in [0.4, 0.5) is 0 Å². The van der Waals surface area contributed by atoms with Gasteiger partial charge in [0, 0.05) is 18.5 Å². The molecule has 3 rings (SSSR count). The number of carbonyl (C=O) groups excluding carboxylic acids is 1. The summed E-state index contributed by atoms with van der Waals surface area (Å²) in [5, 5.41) is 9.94. The van der Waals surface area contributed by atoms with Crippen molar-refractivity contribution in [2.75, 3.05) is 6.54 Å². The zero-order valence-corrected chi connectivity index (χ0v) is 17.2. The molecule has 0 aliphatic carbocycles. The zero-order valence-electron chi connectivity index (χ0n) is 16.4. The SMILES string of the molecule is Cc1ccc(C(=O)NCCCc2nnc(S(=O)(=O)Cc3ccccc3)o2)cc1C. The highest BCUT2D eigenvalue weighted by atomic mass is 32.2. The van der Waals surface area contributed by atoms with Crippen molar-refractivity contribution in [3.63, 3.8) is 0 Å². The molecule has 152 valence electrons. The van der Waals surface area contributed by atoms with E-state index >= 15 is 0 Å². The molecule has 0 aliphatic heterocycles. The Hall–Kier alpha value is -3.00. The topological polar surface area (TPSA) is 102 Å². The highest BCUT2D eigenvalue weighted by Crippen LogP contribution is 2.16. The first kappa shape index (κ1) is 20.7. The molecule has 1 N–H and O–H groups in total. The van der Waals surface area contributed by atoms with E-state index in [1.807, 2.05) is 32.0 Å². The Balaban J connectivity index is 1.50. The van der Waals surface area contributed by atoms with Gasteiger partial charge in [0.05, 0.1) is 5.75 Å². The number of aromatic nitrogens is 2. The standard InChI is InChI=1S/C21H23N3O4S/c1-15-10-11-18(13-16(15)2)20(25)22-12-6-9-19-23-24-21(28-19)29(26,27)14-17-7-4-3-5-8-17/h3-5,7-8,10-11,13H,6,9,12,14H2,1-2H3,(H,22,25). The van der Waals surface area contributed by atoms with Crippen molar-refractivity contribution < 1.29 is 17.6 Å². The minimum Gasteiger partial charge on any atom is -0.413 e. The van der Waals surface area contributed by atoms with Crippen molar-refractivity contribution in [3.05, 3.63) is 76.7 Å². The van der Waals surface area contributed by atoms with E-state index < -0.39 is 9.84 Å². The van der Waals surface area contributed by atoms with Gasteiger partial charge in [0.1, 0.15) is 0 Å². The number of carbonyl (C=O) groups is 1. The van der Waals surface area contributed by atoms with Crippen LogP contribution in [0.15, 0.2) is 58.2 Å². The summed E-state index contributed by atoms with van der Waals surface area (Å²) < 4.78 is 30.1. The monoisotopic (exact) mass is 413 g/mol. The number of amides is 1.